The van der Waals surface area contributed by atoms with Crippen LogP contribution in [0, 0.1) is 24.0 Å². The number of aryl methyl sites for hydroxylation is 1. The first-order valence-electron chi connectivity index (χ1n) is 10.1. The molecular weight excluding hydrogens is 396 g/mol. The molecule has 1 amide bonds. The van der Waals surface area contributed by atoms with Crippen LogP contribution in [0.5, 0.6) is 0 Å². The quantitative estimate of drug-likeness (QED) is 0.304. The molecule has 8 nitrogen and oxygen atoms in total. The number of aromatic nitrogens is 2. The maximum absolute atomic E-state index is 12.3. The fourth-order valence-electron chi connectivity index (χ4n) is 3.28. The summed E-state index contributed by atoms with van der Waals surface area (Å²) in [5, 5.41) is 18.3. The molecule has 1 heterocycles. The van der Waals surface area contributed by atoms with Gasteiger partial charge in [-0.1, -0.05) is 42.5 Å². The minimum absolute atomic E-state index is 0.0451. The van der Waals surface area contributed by atoms with Crippen LogP contribution in [-0.4, -0.2) is 33.8 Å². The number of nitro groups is 1. The first kappa shape index (κ1) is 22.2. The van der Waals surface area contributed by atoms with Crippen LogP contribution < -0.4 is 5.32 Å². The monoisotopic (exact) mass is 422 g/mol. The smallest absolute Gasteiger partial charge is 0.312 e. The van der Waals surface area contributed by atoms with Crippen LogP contribution in [0.4, 0.5) is 5.69 Å². The number of rotatable bonds is 10. The van der Waals surface area contributed by atoms with E-state index < -0.39 is 4.92 Å². The van der Waals surface area contributed by atoms with Gasteiger partial charge in [0.25, 0.3) is 5.91 Å². The molecule has 8 heteroatoms. The van der Waals surface area contributed by atoms with Gasteiger partial charge in [0.05, 0.1) is 18.1 Å². The van der Waals surface area contributed by atoms with Crippen LogP contribution in [0.1, 0.15) is 39.3 Å². The van der Waals surface area contributed by atoms with E-state index in [1.165, 1.54) is 0 Å². The van der Waals surface area contributed by atoms with Crippen LogP contribution in [-0.2, 0) is 17.9 Å². The average Bonchev–Trinajstić information content (AvgIpc) is 3.04. The van der Waals surface area contributed by atoms with Crippen molar-refractivity contribution in [2.75, 3.05) is 13.2 Å². The summed E-state index contributed by atoms with van der Waals surface area (Å²) >= 11 is 0. The number of benzene rings is 2. The molecule has 162 valence electrons. The fraction of sp³-hybridized carbons (Fsp3) is 0.304. The van der Waals surface area contributed by atoms with E-state index in [0.29, 0.717) is 43.3 Å². The molecule has 0 bridgehead atoms. The molecule has 2 aromatic carbocycles. The second kappa shape index (κ2) is 10.5. The van der Waals surface area contributed by atoms with Gasteiger partial charge in [-0.05, 0) is 43.5 Å². The van der Waals surface area contributed by atoms with E-state index in [1.54, 1.807) is 30.7 Å². The Morgan fingerprint density at radius 1 is 1.10 bits per heavy atom. The molecule has 0 radical (unpaired) electrons. The molecule has 31 heavy (non-hydrogen) atoms. The third-order valence-corrected chi connectivity index (χ3v) is 4.94. The standard InChI is InChI=1S/C23H26N4O4/c1-17-22(27(29)30)18(2)26(25-17)15-19-9-11-21(12-10-19)23(28)24-13-6-14-31-16-20-7-4-3-5-8-20/h3-5,7-12H,6,13-16H2,1-2H3,(H,24,28). The summed E-state index contributed by atoms with van der Waals surface area (Å²) < 4.78 is 7.22. The molecule has 1 aromatic heterocycles. The zero-order chi connectivity index (χ0) is 22.2. The van der Waals surface area contributed by atoms with Crippen molar-refractivity contribution in [2.45, 2.75) is 33.4 Å². The predicted octanol–water partition coefficient (Wildman–Crippen LogP) is 3.79. The Morgan fingerprint density at radius 3 is 2.45 bits per heavy atom. The van der Waals surface area contributed by atoms with Gasteiger partial charge in [0.2, 0.25) is 0 Å². The lowest BCUT2D eigenvalue weighted by Crippen LogP contribution is -2.25. The number of carbonyl (C=O) groups is 1. The van der Waals surface area contributed by atoms with Crippen LogP contribution in [0.25, 0.3) is 0 Å². The Kier molecular flexibility index (Phi) is 7.50. The SMILES string of the molecule is Cc1nn(Cc2ccc(C(=O)NCCCOCc3ccccc3)cc2)c(C)c1[N+](=O)[O-]. The number of hydrogen-bond donors (Lipinski definition) is 1. The van der Waals surface area contributed by atoms with Crippen LogP contribution in [0.3, 0.4) is 0 Å². The normalized spacial score (nSPS) is 10.8. The van der Waals surface area contributed by atoms with E-state index in [-0.39, 0.29) is 11.6 Å². The Labute approximate surface area is 181 Å². The molecule has 0 aliphatic heterocycles. The maximum Gasteiger partial charge on any atom is 0.312 e. The zero-order valence-electron chi connectivity index (χ0n) is 17.7. The molecule has 1 N–H and O–H groups in total. The van der Waals surface area contributed by atoms with Gasteiger partial charge in [-0.3, -0.25) is 19.6 Å². The predicted molar refractivity (Wildman–Crippen MR) is 117 cm³/mol. The van der Waals surface area contributed by atoms with E-state index in [4.69, 9.17) is 4.74 Å². The van der Waals surface area contributed by atoms with Gasteiger partial charge in [0.1, 0.15) is 11.4 Å². The molecule has 0 fully saturated rings. The molecule has 0 spiro atoms. The van der Waals surface area contributed by atoms with Crippen molar-refractivity contribution in [1.82, 2.24) is 15.1 Å². The van der Waals surface area contributed by atoms with Gasteiger partial charge in [0, 0.05) is 18.7 Å². The highest BCUT2D eigenvalue weighted by Crippen LogP contribution is 2.22. The van der Waals surface area contributed by atoms with E-state index in [9.17, 15) is 14.9 Å². The number of hydrogen-bond acceptors (Lipinski definition) is 5. The summed E-state index contributed by atoms with van der Waals surface area (Å²) in [6.07, 6.45) is 0.730. The highest BCUT2D eigenvalue weighted by atomic mass is 16.6. The third-order valence-electron chi connectivity index (χ3n) is 4.94. The second-order valence-electron chi connectivity index (χ2n) is 7.28. The highest BCUT2D eigenvalue weighted by molar-refractivity contribution is 5.94. The number of nitrogens with one attached hydrogen (secondary N) is 1. The largest absolute Gasteiger partial charge is 0.377 e. The van der Waals surface area contributed by atoms with Gasteiger partial charge >= 0.3 is 5.69 Å². The number of carbonyl (C=O) groups excluding carboxylic acids is 1. The van der Waals surface area contributed by atoms with Crippen molar-refractivity contribution in [3.05, 3.63) is 92.8 Å². The van der Waals surface area contributed by atoms with Gasteiger partial charge < -0.3 is 10.1 Å². The Morgan fingerprint density at radius 2 is 1.81 bits per heavy atom. The average molecular weight is 422 g/mol. The number of amides is 1. The van der Waals surface area contributed by atoms with Crippen molar-refractivity contribution in [3.8, 4) is 0 Å². The molecule has 3 aromatic rings. The molecule has 0 unspecified atom stereocenters. The summed E-state index contributed by atoms with van der Waals surface area (Å²) in [6, 6.07) is 17.1. The zero-order valence-corrected chi connectivity index (χ0v) is 17.7. The van der Waals surface area contributed by atoms with Crippen LogP contribution in [0.15, 0.2) is 54.6 Å². The Hall–Kier alpha value is -3.52. The van der Waals surface area contributed by atoms with Gasteiger partial charge in [-0.25, -0.2) is 0 Å². The summed E-state index contributed by atoms with van der Waals surface area (Å²) in [7, 11) is 0. The number of ether oxygens (including phenoxy) is 1. The molecule has 3 rings (SSSR count). The highest BCUT2D eigenvalue weighted by Gasteiger charge is 2.21. The third kappa shape index (κ3) is 5.99. The first-order valence-corrected chi connectivity index (χ1v) is 10.1. The molecule has 0 atom stereocenters. The van der Waals surface area contributed by atoms with Crippen molar-refractivity contribution in [3.63, 3.8) is 0 Å². The van der Waals surface area contributed by atoms with Crippen molar-refractivity contribution in [2.24, 2.45) is 0 Å². The fourth-order valence-corrected chi connectivity index (χ4v) is 3.28. The van der Waals surface area contributed by atoms with Crippen LogP contribution in [0.2, 0.25) is 0 Å². The van der Waals surface area contributed by atoms with Gasteiger partial charge in [0.15, 0.2) is 0 Å². The molecule has 0 saturated heterocycles. The lowest BCUT2D eigenvalue weighted by atomic mass is 10.1. The van der Waals surface area contributed by atoms with E-state index in [0.717, 1.165) is 17.5 Å². The van der Waals surface area contributed by atoms with Crippen molar-refractivity contribution >= 4 is 11.6 Å². The van der Waals surface area contributed by atoms with Gasteiger partial charge in [-0.15, -0.1) is 0 Å². The molecule has 0 aliphatic carbocycles. The maximum atomic E-state index is 12.3. The molecule has 0 saturated carbocycles. The number of nitrogens with zero attached hydrogens (tertiary/aromatic N) is 3. The first-order chi connectivity index (χ1) is 15.0. The summed E-state index contributed by atoms with van der Waals surface area (Å²) in [5.41, 5.74) is 3.55. The lowest BCUT2D eigenvalue weighted by Gasteiger charge is -2.08. The van der Waals surface area contributed by atoms with Crippen molar-refractivity contribution < 1.29 is 14.5 Å². The topological polar surface area (TPSA) is 99.3 Å². The molecule has 0 aliphatic rings. The van der Waals surface area contributed by atoms with E-state index >= 15 is 0 Å². The summed E-state index contributed by atoms with van der Waals surface area (Å²) in [5.74, 6) is -0.142. The summed E-state index contributed by atoms with van der Waals surface area (Å²) in [4.78, 5) is 23.0. The molecular formula is C23H26N4O4. The second-order valence-corrected chi connectivity index (χ2v) is 7.28. The lowest BCUT2D eigenvalue weighted by molar-refractivity contribution is -0.386. The Balaban J connectivity index is 1.44. The van der Waals surface area contributed by atoms with Crippen molar-refractivity contribution in [1.29, 1.82) is 0 Å². The van der Waals surface area contributed by atoms with E-state index in [2.05, 4.69) is 10.4 Å². The minimum atomic E-state index is -0.408. The van der Waals surface area contributed by atoms with Crippen LogP contribution >= 0.6 is 0 Å². The Bertz CT molecular complexity index is 1030. The minimum Gasteiger partial charge on any atom is -0.377 e. The van der Waals surface area contributed by atoms with E-state index in [1.807, 2.05) is 42.5 Å². The summed E-state index contributed by atoms with van der Waals surface area (Å²) in [6.45, 7) is 5.38. The van der Waals surface area contributed by atoms with Gasteiger partial charge in [-0.2, -0.15) is 5.10 Å².